The maximum absolute atomic E-state index is 10.5. The molecule has 2 N–H and O–H groups in total. The van der Waals surface area contributed by atoms with Gasteiger partial charge in [-0.2, -0.15) is 4.98 Å². The van der Waals surface area contributed by atoms with Crippen molar-refractivity contribution in [2.45, 2.75) is 0 Å². The van der Waals surface area contributed by atoms with E-state index >= 15 is 0 Å². The molecular weight excluding hydrogens is 214 g/mol. The molecule has 8 nitrogen and oxygen atoms in total. The first-order valence-electron chi connectivity index (χ1n) is 4.78. The van der Waals surface area contributed by atoms with Crippen molar-refractivity contribution in [1.29, 1.82) is 0 Å². The lowest BCUT2D eigenvalue weighted by molar-refractivity contribution is -0.384. The molecule has 1 saturated heterocycles. The lowest BCUT2D eigenvalue weighted by atomic mass is 10.4. The highest BCUT2D eigenvalue weighted by Crippen LogP contribution is 2.20. The molecule has 16 heavy (non-hydrogen) atoms. The molecule has 0 bridgehead atoms. The smallest absolute Gasteiger partial charge is 0.329 e. The van der Waals surface area contributed by atoms with Crippen LogP contribution in [0.15, 0.2) is 6.20 Å². The van der Waals surface area contributed by atoms with Gasteiger partial charge in [-0.1, -0.05) is 0 Å². The first-order chi connectivity index (χ1) is 7.68. The highest BCUT2D eigenvalue weighted by molar-refractivity contribution is 5.53. The van der Waals surface area contributed by atoms with Gasteiger partial charge in [-0.25, -0.2) is 4.98 Å². The number of anilines is 2. The molecule has 2 rings (SSSR count). The van der Waals surface area contributed by atoms with E-state index < -0.39 is 4.92 Å². The molecular formula is C8H11N5O3. The third-order valence-electron chi connectivity index (χ3n) is 2.28. The van der Waals surface area contributed by atoms with Crippen LogP contribution in [0, 0.1) is 10.1 Å². The standard InChI is InChI=1S/C8H11N5O3/c9-7-6(13(14)15)5-10-8(11-7)12-1-3-16-4-2-12/h5H,1-4H2,(H2,9,10,11). The number of morpholine rings is 1. The second-order valence-corrected chi connectivity index (χ2v) is 3.30. The Balaban J connectivity index is 2.23. The highest BCUT2D eigenvalue weighted by Gasteiger charge is 2.18. The van der Waals surface area contributed by atoms with Crippen LogP contribution in [0.3, 0.4) is 0 Å². The van der Waals surface area contributed by atoms with Crippen LogP contribution in [0.5, 0.6) is 0 Å². The minimum absolute atomic E-state index is 0.110. The van der Waals surface area contributed by atoms with Crippen molar-refractivity contribution in [1.82, 2.24) is 9.97 Å². The molecule has 1 fully saturated rings. The minimum atomic E-state index is -0.599. The first kappa shape index (κ1) is 10.6. The van der Waals surface area contributed by atoms with E-state index in [0.717, 1.165) is 6.20 Å². The fourth-order valence-corrected chi connectivity index (χ4v) is 1.44. The van der Waals surface area contributed by atoms with Crippen molar-refractivity contribution < 1.29 is 9.66 Å². The Morgan fingerprint density at radius 1 is 1.50 bits per heavy atom. The van der Waals surface area contributed by atoms with Crippen LogP contribution in [0.2, 0.25) is 0 Å². The number of hydrogen-bond acceptors (Lipinski definition) is 7. The number of nitrogens with zero attached hydrogens (tertiary/aromatic N) is 4. The van der Waals surface area contributed by atoms with Crippen LogP contribution in [-0.2, 0) is 4.74 Å². The fourth-order valence-electron chi connectivity index (χ4n) is 1.44. The van der Waals surface area contributed by atoms with E-state index in [-0.39, 0.29) is 11.5 Å². The molecule has 0 aliphatic carbocycles. The maximum atomic E-state index is 10.5. The number of nitrogen functional groups attached to an aromatic ring is 1. The van der Waals surface area contributed by atoms with Crippen LogP contribution >= 0.6 is 0 Å². The average Bonchev–Trinajstić information content (AvgIpc) is 2.29. The summed E-state index contributed by atoms with van der Waals surface area (Å²) in [5, 5.41) is 10.5. The molecule has 86 valence electrons. The molecule has 1 aromatic rings. The van der Waals surface area contributed by atoms with Gasteiger partial charge in [0.2, 0.25) is 11.8 Å². The van der Waals surface area contributed by atoms with Crippen molar-refractivity contribution in [3.8, 4) is 0 Å². The molecule has 0 radical (unpaired) electrons. The van der Waals surface area contributed by atoms with Gasteiger partial charge >= 0.3 is 5.69 Å². The van der Waals surface area contributed by atoms with Crippen molar-refractivity contribution in [2.75, 3.05) is 36.9 Å². The molecule has 0 amide bonds. The number of nitro groups is 1. The quantitative estimate of drug-likeness (QED) is 0.548. The Morgan fingerprint density at radius 2 is 2.19 bits per heavy atom. The van der Waals surface area contributed by atoms with Crippen LogP contribution < -0.4 is 10.6 Å². The van der Waals surface area contributed by atoms with Gasteiger partial charge in [0.25, 0.3) is 0 Å². The van der Waals surface area contributed by atoms with Gasteiger partial charge in [0.1, 0.15) is 6.20 Å². The molecule has 1 aliphatic heterocycles. The predicted molar refractivity (Wildman–Crippen MR) is 56.1 cm³/mol. The Labute approximate surface area is 91.2 Å². The molecule has 0 atom stereocenters. The fraction of sp³-hybridized carbons (Fsp3) is 0.500. The van der Waals surface area contributed by atoms with Gasteiger partial charge < -0.3 is 15.4 Å². The van der Waals surface area contributed by atoms with E-state index in [1.807, 2.05) is 4.90 Å². The molecule has 0 aromatic carbocycles. The summed E-state index contributed by atoms with van der Waals surface area (Å²) in [7, 11) is 0. The van der Waals surface area contributed by atoms with Gasteiger partial charge in [-0.3, -0.25) is 10.1 Å². The van der Waals surface area contributed by atoms with Crippen molar-refractivity contribution in [3.63, 3.8) is 0 Å². The third kappa shape index (κ3) is 2.01. The van der Waals surface area contributed by atoms with Gasteiger partial charge in [-0.15, -0.1) is 0 Å². The van der Waals surface area contributed by atoms with Crippen molar-refractivity contribution in [3.05, 3.63) is 16.3 Å². The van der Waals surface area contributed by atoms with Crippen molar-refractivity contribution >= 4 is 17.5 Å². The van der Waals surface area contributed by atoms with E-state index in [0.29, 0.717) is 32.3 Å². The van der Waals surface area contributed by atoms with Gasteiger partial charge in [-0.05, 0) is 0 Å². The second-order valence-electron chi connectivity index (χ2n) is 3.30. The van der Waals surface area contributed by atoms with Crippen molar-refractivity contribution in [2.24, 2.45) is 0 Å². The summed E-state index contributed by atoms with van der Waals surface area (Å²) in [5.74, 6) is 0.299. The number of ether oxygens (including phenoxy) is 1. The molecule has 1 aliphatic rings. The molecule has 1 aromatic heterocycles. The van der Waals surface area contributed by atoms with Crippen LogP contribution in [0.4, 0.5) is 17.5 Å². The largest absolute Gasteiger partial charge is 0.378 e. The number of rotatable bonds is 2. The summed E-state index contributed by atoms with van der Waals surface area (Å²) in [6, 6.07) is 0. The van der Waals surface area contributed by atoms with Gasteiger partial charge in [0.15, 0.2) is 0 Å². The SMILES string of the molecule is Nc1nc(N2CCOCC2)ncc1[N+](=O)[O-]. The topological polar surface area (TPSA) is 107 Å². The lowest BCUT2D eigenvalue weighted by Gasteiger charge is -2.26. The number of aromatic nitrogens is 2. The highest BCUT2D eigenvalue weighted by atomic mass is 16.6. The summed E-state index contributed by atoms with van der Waals surface area (Å²) < 4.78 is 5.18. The van der Waals surface area contributed by atoms with Crippen LogP contribution in [0.1, 0.15) is 0 Å². The maximum Gasteiger partial charge on any atom is 0.329 e. The molecule has 2 heterocycles. The monoisotopic (exact) mass is 225 g/mol. The van der Waals surface area contributed by atoms with E-state index in [1.165, 1.54) is 0 Å². The summed E-state index contributed by atoms with van der Waals surface area (Å²) in [6.07, 6.45) is 1.13. The van der Waals surface area contributed by atoms with E-state index in [9.17, 15) is 10.1 Å². The third-order valence-corrected chi connectivity index (χ3v) is 2.28. The summed E-state index contributed by atoms with van der Waals surface area (Å²) >= 11 is 0. The Kier molecular flexibility index (Phi) is 2.82. The Hall–Kier alpha value is -1.96. The normalized spacial score (nSPS) is 16.1. The zero-order chi connectivity index (χ0) is 11.5. The minimum Gasteiger partial charge on any atom is -0.378 e. The van der Waals surface area contributed by atoms with E-state index in [2.05, 4.69) is 9.97 Å². The molecule has 0 unspecified atom stereocenters. The van der Waals surface area contributed by atoms with Gasteiger partial charge in [0.05, 0.1) is 18.1 Å². The predicted octanol–water partition coefficient (Wildman–Crippen LogP) is -0.196. The molecule has 0 spiro atoms. The summed E-state index contributed by atoms with van der Waals surface area (Å²) in [6.45, 7) is 2.52. The average molecular weight is 225 g/mol. The van der Waals surface area contributed by atoms with E-state index in [4.69, 9.17) is 10.5 Å². The second kappa shape index (κ2) is 4.27. The van der Waals surface area contributed by atoms with E-state index in [1.54, 1.807) is 0 Å². The zero-order valence-electron chi connectivity index (χ0n) is 8.50. The molecule has 0 saturated carbocycles. The molecule has 8 heteroatoms. The zero-order valence-corrected chi connectivity index (χ0v) is 8.50. The Bertz CT molecular complexity index is 405. The van der Waals surface area contributed by atoms with Crippen LogP contribution in [0.25, 0.3) is 0 Å². The first-order valence-corrected chi connectivity index (χ1v) is 4.78. The van der Waals surface area contributed by atoms with Gasteiger partial charge in [0, 0.05) is 13.1 Å². The van der Waals surface area contributed by atoms with Crippen LogP contribution in [-0.4, -0.2) is 41.2 Å². The number of nitrogens with two attached hydrogens (primary N) is 1. The summed E-state index contributed by atoms with van der Waals surface area (Å²) in [5.41, 5.74) is 5.21. The summed E-state index contributed by atoms with van der Waals surface area (Å²) in [4.78, 5) is 19.6. The lowest BCUT2D eigenvalue weighted by Crippen LogP contribution is -2.37. The Morgan fingerprint density at radius 3 is 2.75 bits per heavy atom. The number of hydrogen-bond donors (Lipinski definition) is 1.